The summed E-state index contributed by atoms with van der Waals surface area (Å²) in [4.78, 5) is 30.3. The predicted octanol–water partition coefficient (Wildman–Crippen LogP) is 3.32. The third-order valence-corrected chi connectivity index (χ3v) is 4.82. The molecule has 2 aromatic heterocycles. The van der Waals surface area contributed by atoms with Crippen molar-refractivity contribution in [3.63, 3.8) is 0 Å². The monoisotopic (exact) mass is 363 g/mol. The summed E-state index contributed by atoms with van der Waals surface area (Å²) in [5, 5.41) is 0. The number of carbonyl (C=O) groups is 1. The lowest BCUT2D eigenvalue weighted by Crippen LogP contribution is -2.39. The number of aromatic nitrogens is 4. The van der Waals surface area contributed by atoms with E-state index in [-0.39, 0.29) is 11.8 Å². The van der Waals surface area contributed by atoms with Gasteiger partial charge in [0, 0.05) is 31.4 Å². The van der Waals surface area contributed by atoms with Gasteiger partial charge >= 0.3 is 0 Å². The zero-order chi connectivity index (χ0) is 18.6. The van der Waals surface area contributed by atoms with Crippen LogP contribution in [-0.2, 0) is 0 Å². The van der Waals surface area contributed by atoms with Crippen molar-refractivity contribution in [1.29, 1.82) is 0 Å². The van der Waals surface area contributed by atoms with Gasteiger partial charge in [0.05, 0.1) is 12.5 Å². The number of H-pyrrole nitrogens is 1. The molecule has 1 fully saturated rings. The Bertz CT molecular complexity index is 926. The van der Waals surface area contributed by atoms with E-state index in [9.17, 15) is 4.79 Å². The summed E-state index contributed by atoms with van der Waals surface area (Å²) in [6.07, 6.45) is 8.23. The number of piperidine rings is 1. The van der Waals surface area contributed by atoms with Gasteiger partial charge in [-0.05, 0) is 31.4 Å². The largest absolute Gasteiger partial charge is 0.437 e. The van der Waals surface area contributed by atoms with Crippen molar-refractivity contribution in [3.8, 4) is 11.6 Å². The number of likely N-dealkylation sites (tertiary alicyclic amines) is 1. The molecule has 3 heterocycles. The van der Waals surface area contributed by atoms with Crippen LogP contribution in [0.5, 0.6) is 11.6 Å². The standard InChI is InChI=1S/C20H21N5O2/c1-14-5-2-3-7-17(14)27-19-18(22-8-9-23-19)15-6-4-10-25(12-15)20(26)16-11-21-13-24-16/h2-3,5,7-9,11,13,15H,4,6,10,12H2,1H3,(H,21,24). The van der Waals surface area contributed by atoms with Gasteiger partial charge < -0.3 is 14.6 Å². The number of nitrogens with zero attached hydrogens (tertiary/aromatic N) is 4. The summed E-state index contributed by atoms with van der Waals surface area (Å²) in [6, 6.07) is 7.82. The number of para-hydroxylation sites is 1. The number of nitrogens with one attached hydrogen (secondary N) is 1. The molecule has 1 aromatic carbocycles. The first-order valence-electron chi connectivity index (χ1n) is 9.04. The van der Waals surface area contributed by atoms with E-state index in [0.717, 1.165) is 36.4 Å². The van der Waals surface area contributed by atoms with Gasteiger partial charge in [0.15, 0.2) is 0 Å². The smallest absolute Gasteiger partial charge is 0.271 e. The molecule has 0 radical (unpaired) electrons. The predicted molar refractivity (Wildman–Crippen MR) is 99.8 cm³/mol. The van der Waals surface area contributed by atoms with Crippen molar-refractivity contribution in [2.45, 2.75) is 25.7 Å². The van der Waals surface area contributed by atoms with Crippen LogP contribution in [0.1, 0.15) is 40.5 Å². The SMILES string of the molecule is Cc1ccccc1Oc1nccnc1C1CCCN(C(=O)c2cnc[nH]2)C1. The molecule has 0 saturated carbocycles. The van der Waals surface area contributed by atoms with E-state index in [1.165, 1.54) is 6.33 Å². The van der Waals surface area contributed by atoms with Crippen molar-refractivity contribution in [3.05, 3.63) is 66.1 Å². The maximum atomic E-state index is 12.6. The highest BCUT2D eigenvalue weighted by molar-refractivity contribution is 5.92. The van der Waals surface area contributed by atoms with Crippen LogP contribution in [0.4, 0.5) is 0 Å². The molecule has 3 aromatic rings. The van der Waals surface area contributed by atoms with E-state index < -0.39 is 0 Å². The summed E-state index contributed by atoms with van der Waals surface area (Å²) < 4.78 is 6.07. The van der Waals surface area contributed by atoms with Crippen molar-refractivity contribution in [1.82, 2.24) is 24.8 Å². The van der Waals surface area contributed by atoms with Crippen LogP contribution in [0, 0.1) is 6.92 Å². The number of carbonyl (C=O) groups excluding carboxylic acids is 1. The molecule has 7 heteroatoms. The highest BCUT2D eigenvalue weighted by Crippen LogP contribution is 2.33. The van der Waals surface area contributed by atoms with Crippen LogP contribution >= 0.6 is 0 Å². The molecule has 1 amide bonds. The fraction of sp³-hybridized carbons (Fsp3) is 0.300. The van der Waals surface area contributed by atoms with Crippen LogP contribution in [0.3, 0.4) is 0 Å². The molecule has 0 aliphatic carbocycles. The lowest BCUT2D eigenvalue weighted by molar-refractivity contribution is 0.0699. The number of rotatable bonds is 4. The Morgan fingerprint density at radius 2 is 2.11 bits per heavy atom. The number of aromatic amines is 1. The molecule has 4 rings (SSSR count). The molecule has 1 aliphatic heterocycles. The normalized spacial score (nSPS) is 16.9. The number of hydrogen-bond donors (Lipinski definition) is 1. The Kier molecular flexibility index (Phi) is 4.82. The topological polar surface area (TPSA) is 84.0 Å². The van der Waals surface area contributed by atoms with Crippen LogP contribution in [0.15, 0.2) is 49.2 Å². The summed E-state index contributed by atoms with van der Waals surface area (Å²) >= 11 is 0. The lowest BCUT2D eigenvalue weighted by Gasteiger charge is -2.32. The Labute approximate surface area is 157 Å². The number of ether oxygens (including phenoxy) is 1. The second kappa shape index (κ2) is 7.57. The van der Waals surface area contributed by atoms with Crippen molar-refractivity contribution < 1.29 is 9.53 Å². The molecule has 7 nitrogen and oxygen atoms in total. The maximum Gasteiger partial charge on any atom is 0.271 e. The Morgan fingerprint density at radius 1 is 1.26 bits per heavy atom. The average molecular weight is 363 g/mol. The maximum absolute atomic E-state index is 12.6. The molecule has 1 atom stereocenters. The van der Waals surface area contributed by atoms with Gasteiger partial charge in [-0.2, -0.15) is 0 Å². The van der Waals surface area contributed by atoms with E-state index >= 15 is 0 Å². The second-order valence-electron chi connectivity index (χ2n) is 6.67. The van der Waals surface area contributed by atoms with Gasteiger partial charge in [-0.15, -0.1) is 0 Å². The lowest BCUT2D eigenvalue weighted by atomic mass is 9.94. The minimum Gasteiger partial charge on any atom is -0.437 e. The third kappa shape index (κ3) is 3.67. The number of hydrogen-bond acceptors (Lipinski definition) is 5. The number of aryl methyl sites for hydroxylation is 1. The highest BCUT2D eigenvalue weighted by atomic mass is 16.5. The molecular weight excluding hydrogens is 342 g/mol. The number of amides is 1. The molecule has 0 spiro atoms. The molecular formula is C20H21N5O2. The average Bonchev–Trinajstić information content (AvgIpc) is 3.24. The van der Waals surface area contributed by atoms with Gasteiger partial charge in [0.2, 0.25) is 5.88 Å². The van der Waals surface area contributed by atoms with Crippen molar-refractivity contribution in [2.24, 2.45) is 0 Å². The van der Waals surface area contributed by atoms with Crippen molar-refractivity contribution >= 4 is 5.91 Å². The zero-order valence-electron chi connectivity index (χ0n) is 15.1. The minimum absolute atomic E-state index is 0.0394. The molecule has 138 valence electrons. The van der Waals surface area contributed by atoms with Crippen LogP contribution in [-0.4, -0.2) is 43.8 Å². The molecule has 1 aliphatic rings. The summed E-state index contributed by atoms with van der Waals surface area (Å²) in [5.41, 5.74) is 2.34. The summed E-state index contributed by atoms with van der Waals surface area (Å²) in [5.74, 6) is 1.31. The summed E-state index contributed by atoms with van der Waals surface area (Å²) in [6.45, 7) is 3.31. The Hall–Kier alpha value is -3.22. The molecule has 0 bridgehead atoms. The molecule has 1 saturated heterocycles. The van der Waals surface area contributed by atoms with Gasteiger partial charge in [0.1, 0.15) is 17.1 Å². The van der Waals surface area contributed by atoms with Crippen molar-refractivity contribution in [2.75, 3.05) is 13.1 Å². The van der Waals surface area contributed by atoms with Gasteiger partial charge in [0.25, 0.3) is 5.91 Å². The van der Waals surface area contributed by atoms with E-state index in [4.69, 9.17) is 4.74 Å². The van der Waals surface area contributed by atoms with E-state index in [0.29, 0.717) is 18.1 Å². The Morgan fingerprint density at radius 3 is 2.93 bits per heavy atom. The first-order chi connectivity index (χ1) is 13.2. The van der Waals surface area contributed by atoms with Gasteiger partial charge in [-0.1, -0.05) is 18.2 Å². The molecule has 1 N–H and O–H groups in total. The summed E-state index contributed by atoms with van der Waals surface area (Å²) in [7, 11) is 0. The van der Waals surface area contributed by atoms with Crippen LogP contribution < -0.4 is 4.74 Å². The fourth-order valence-corrected chi connectivity index (χ4v) is 3.40. The van der Waals surface area contributed by atoms with Gasteiger partial charge in [-0.3, -0.25) is 9.78 Å². The highest BCUT2D eigenvalue weighted by Gasteiger charge is 2.29. The van der Waals surface area contributed by atoms with Gasteiger partial charge in [-0.25, -0.2) is 9.97 Å². The van der Waals surface area contributed by atoms with E-state index in [2.05, 4.69) is 19.9 Å². The first-order valence-corrected chi connectivity index (χ1v) is 9.04. The molecule has 27 heavy (non-hydrogen) atoms. The molecule has 1 unspecified atom stereocenters. The number of imidazole rings is 1. The third-order valence-electron chi connectivity index (χ3n) is 4.82. The zero-order valence-corrected chi connectivity index (χ0v) is 15.1. The van der Waals surface area contributed by atoms with Crippen LogP contribution in [0.2, 0.25) is 0 Å². The second-order valence-corrected chi connectivity index (χ2v) is 6.67. The number of benzene rings is 1. The quantitative estimate of drug-likeness (QED) is 0.769. The first kappa shape index (κ1) is 17.2. The van der Waals surface area contributed by atoms with Crippen LogP contribution in [0.25, 0.3) is 0 Å². The minimum atomic E-state index is -0.0394. The van der Waals surface area contributed by atoms with E-state index in [1.807, 2.05) is 36.1 Å². The fourth-order valence-electron chi connectivity index (χ4n) is 3.40. The van der Waals surface area contributed by atoms with E-state index in [1.54, 1.807) is 18.6 Å². The Balaban J connectivity index is 1.56.